The van der Waals surface area contributed by atoms with Crippen molar-refractivity contribution in [2.45, 2.75) is 32.8 Å². The Kier molecular flexibility index (Phi) is 4.61. The molecular weight excluding hydrogens is 252 g/mol. The fourth-order valence-corrected chi connectivity index (χ4v) is 2.58. The van der Waals surface area contributed by atoms with Crippen molar-refractivity contribution in [3.63, 3.8) is 0 Å². The van der Waals surface area contributed by atoms with Gasteiger partial charge in [0, 0.05) is 0 Å². The number of carbonyl (C=O) groups is 1. The number of carbonyl (C=O) groups excluding carboxylic acids is 1. The highest BCUT2D eigenvalue weighted by atomic mass is 16.5. The van der Waals surface area contributed by atoms with E-state index in [0.29, 0.717) is 19.6 Å². The molecule has 2 rings (SSSR count). The first-order valence-electron chi connectivity index (χ1n) is 7.11. The highest BCUT2D eigenvalue weighted by Gasteiger charge is 2.36. The number of hydrogen-bond donors (Lipinski definition) is 0. The largest absolute Gasteiger partial charge is 0.465 e. The van der Waals surface area contributed by atoms with E-state index in [-0.39, 0.29) is 12.1 Å². The minimum Gasteiger partial charge on any atom is -0.465 e. The predicted octanol–water partition coefficient (Wildman–Crippen LogP) is 3.45. The van der Waals surface area contributed by atoms with E-state index in [1.54, 1.807) is 6.08 Å². The van der Waals surface area contributed by atoms with Crippen molar-refractivity contribution in [3.05, 3.63) is 48.0 Å². The van der Waals surface area contributed by atoms with E-state index in [9.17, 15) is 4.79 Å². The molecule has 1 aromatic carbocycles. The fourth-order valence-electron chi connectivity index (χ4n) is 2.58. The van der Waals surface area contributed by atoms with Crippen LogP contribution >= 0.6 is 0 Å². The molecule has 2 unspecified atom stereocenters. The van der Waals surface area contributed by atoms with Crippen LogP contribution in [0.2, 0.25) is 0 Å². The van der Waals surface area contributed by atoms with Crippen LogP contribution in [0.15, 0.2) is 36.9 Å². The highest BCUT2D eigenvalue weighted by molar-refractivity contribution is 5.78. The third-order valence-electron chi connectivity index (χ3n) is 3.89. The van der Waals surface area contributed by atoms with Gasteiger partial charge in [-0.05, 0) is 37.8 Å². The molecule has 1 heterocycles. The normalized spacial score (nSPS) is 20.6. The molecule has 0 fully saturated rings. The van der Waals surface area contributed by atoms with Crippen molar-refractivity contribution >= 4 is 5.97 Å². The van der Waals surface area contributed by atoms with Gasteiger partial charge in [-0.3, -0.25) is 4.79 Å². The van der Waals surface area contributed by atoms with E-state index >= 15 is 0 Å². The molecule has 3 heteroatoms. The van der Waals surface area contributed by atoms with Gasteiger partial charge >= 0.3 is 5.97 Å². The molecule has 0 amide bonds. The molecule has 20 heavy (non-hydrogen) atoms. The molecule has 0 saturated carbocycles. The van der Waals surface area contributed by atoms with E-state index in [0.717, 1.165) is 6.42 Å². The Morgan fingerprint density at radius 3 is 3.00 bits per heavy atom. The summed E-state index contributed by atoms with van der Waals surface area (Å²) < 4.78 is 11.0. The van der Waals surface area contributed by atoms with Crippen molar-refractivity contribution in [3.8, 4) is 0 Å². The number of ether oxygens (including phenoxy) is 2. The van der Waals surface area contributed by atoms with Crippen LogP contribution in [0.4, 0.5) is 0 Å². The summed E-state index contributed by atoms with van der Waals surface area (Å²) in [6, 6.07) is 8.25. The Hall–Kier alpha value is -1.61. The number of hydrogen-bond acceptors (Lipinski definition) is 3. The minimum atomic E-state index is -0.717. The second-order valence-electron chi connectivity index (χ2n) is 5.35. The van der Waals surface area contributed by atoms with Gasteiger partial charge in [0.1, 0.15) is 0 Å². The topological polar surface area (TPSA) is 35.5 Å². The Morgan fingerprint density at radius 2 is 2.30 bits per heavy atom. The van der Waals surface area contributed by atoms with Crippen molar-refractivity contribution < 1.29 is 14.3 Å². The summed E-state index contributed by atoms with van der Waals surface area (Å²) in [7, 11) is 0. The molecule has 0 radical (unpaired) electrons. The average molecular weight is 274 g/mol. The van der Waals surface area contributed by atoms with Crippen molar-refractivity contribution in [1.29, 1.82) is 0 Å². The zero-order valence-electron chi connectivity index (χ0n) is 12.2. The summed E-state index contributed by atoms with van der Waals surface area (Å²) in [5, 5.41) is 0. The van der Waals surface area contributed by atoms with Gasteiger partial charge in [0.15, 0.2) is 0 Å². The third kappa shape index (κ3) is 2.93. The molecule has 1 aliphatic heterocycles. The number of benzene rings is 1. The first-order valence-corrected chi connectivity index (χ1v) is 7.11. The maximum atomic E-state index is 12.1. The Balaban J connectivity index is 2.21. The SMILES string of the molecule is C=CC(C)(CC1OCCc2ccccc21)C(=O)OCC. The Bertz CT molecular complexity index is 495. The van der Waals surface area contributed by atoms with Gasteiger partial charge in [-0.1, -0.05) is 30.3 Å². The second kappa shape index (κ2) is 6.23. The lowest BCUT2D eigenvalue weighted by Crippen LogP contribution is -2.31. The van der Waals surface area contributed by atoms with Crippen LogP contribution < -0.4 is 0 Å². The van der Waals surface area contributed by atoms with Crippen molar-refractivity contribution in [2.75, 3.05) is 13.2 Å². The molecule has 2 atom stereocenters. The number of rotatable bonds is 5. The van der Waals surface area contributed by atoms with Crippen LogP contribution in [0.5, 0.6) is 0 Å². The second-order valence-corrected chi connectivity index (χ2v) is 5.35. The molecule has 1 aromatic rings. The van der Waals surface area contributed by atoms with Gasteiger partial charge in [0.2, 0.25) is 0 Å². The lowest BCUT2D eigenvalue weighted by molar-refractivity contribution is -0.153. The van der Waals surface area contributed by atoms with Crippen LogP contribution in [-0.4, -0.2) is 19.2 Å². The summed E-state index contributed by atoms with van der Waals surface area (Å²) in [6.07, 6.45) is 3.08. The molecule has 3 nitrogen and oxygen atoms in total. The van der Waals surface area contributed by atoms with Crippen molar-refractivity contribution in [2.24, 2.45) is 5.41 Å². The van der Waals surface area contributed by atoms with Crippen LogP contribution in [0.1, 0.15) is 37.5 Å². The molecule has 0 spiro atoms. The lowest BCUT2D eigenvalue weighted by atomic mass is 9.81. The summed E-state index contributed by atoms with van der Waals surface area (Å²) in [4.78, 5) is 12.1. The molecule has 0 saturated heterocycles. The molecule has 0 bridgehead atoms. The number of fused-ring (bicyclic) bond motifs is 1. The molecule has 0 N–H and O–H groups in total. The van der Waals surface area contributed by atoms with E-state index in [4.69, 9.17) is 9.47 Å². The predicted molar refractivity (Wildman–Crippen MR) is 78.4 cm³/mol. The molecule has 0 aromatic heterocycles. The quantitative estimate of drug-likeness (QED) is 0.609. The summed E-state index contributed by atoms with van der Waals surface area (Å²) in [5.41, 5.74) is 1.76. The first-order chi connectivity index (χ1) is 9.60. The maximum absolute atomic E-state index is 12.1. The molecule has 108 valence electrons. The Labute approximate surface area is 120 Å². The smallest absolute Gasteiger partial charge is 0.315 e. The summed E-state index contributed by atoms with van der Waals surface area (Å²) in [5.74, 6) is -0.235. The fraction of sp³-hybridized carbons (Fsp3) is 0.471. The van der Waals surface area contributed by atoms with Gasteiger partial charge in [-0.15, -0.1) is 6.58 Å². The van der Waals surface area contributed by atoms with E-state index in [2.05, 4.69) is 18.7 Å². The van der Waals surface area contributed by atoms with E-state index < -0.39 is 5.41 Å². The minimum absolute atomic E-state index is 0.0765. The first kappa shape index (κ1) is 14.8. The van der Waals surface area contributed by atoms with E-state index in [1.165, 1.54) is 11.1 Å². The molecule has 0 aliphatic carbocycles. The van der Waals surface area contributed by atoms with Gasteiger partial charge in [0.05, 0.1) is 24.7 Å². The zero-order chi connectivity index (χ0) is 14.6. The lowest BCUT2D eigenvalue weighted by Gasteiger charge is -2.32. The Morgan fingerprint density at radius 1 is 1.55 bits per heavy atom. The average Bonchev–Trinajstić information content (AvgIpc) is 2.48. The maximum Gasteiger partial charge on any atom is 0.315 e. The van der Waals surface area contributed by atoms with Crippen LogP contribution in [0.25, 0.3) is 0 Å². The van der Waals surface area contributed by atoms with Crippen LogP contribution in [0, 0.1) is 5.41 Å². The van der Waals surface area contributed by atoms with Crippen LogP contribution in [0.3, 0.4) is 0 Å². The molecular formula is C17H22O3. The van der Waals surface area contributed by atoms with Crippen LogP contribution in [-0.2, 0) is 20.7 Å². The van der Waals surface area contributed by atoms with Gasteiger partial charge in [-0.2, -0.15) is 0 Å². The van der Waals surface area contributed by atoms with Gasteiger partial charge < -0.3 is 9.47 Å². The van der Waals surface area contributed by atoms with Gasteiger partial charge in [-0.25, -0.2) is 0 Å². The number of esters is 1. The summed E-state index contributed by atoms with van der Waals surface area (Å²) in [6.45, 7) is 8.55. The highest BCUT2D eigenvalue weighted by Crippen LogP contribution is 2.38. The standard InChI is InChI=1S/C17H22O3/c1-4-17(3,16(18)19-5-2)12-15-14-9-7-6-8-13(14)10-11-20-15/h4,6-9,15H,1,5,10-12H2,2-3H3. The zero-order valence-corrected chi connectivity index (χ0v) is 12.2. The monoisotopic (exact) mass is 274 g/mol. The van der Waals surface area contributed by atoms with E-state index in [1.807, 2.05) is 26.0 Å². The van der Waals surface area contributed by atoms with Gasteiger partial charge in [0.25, 0.3) is 0 Å². The van der Waals surface area contributed by atoms with Crippen molar-refractivity contribution in [1.82, 2.24) is 0 Å². The third-order valence-corrected chi connectivity index (χ3v) is 3.89. The molecule has 1 aliphatic rings. The summed E-state index contributed by atoms with van der Waals surface area (Å²) >= 11 is 0.